The quantitative estimate of drug-likeness (QED) is 0.510. The number of nitrogens with one attached hydrogen (secondary N) is 2. The lowest BCUT2D eigenvalue weighted by molar-refractivity contribution is -0.137. The van der Waals surface area contributed by atoms with Crippen molar-refractivity contribution >= 4 is 29.5 Å². The molecule has 0 bridgehead atoms. The Bertz CT molecular complexity index is 1070. The second-order valence-electron chi connectivity index (χ2n) is 10.4. The Morgan fingerprint density at radius 2 is 1.72 bits per heavy atom. The topological polar surface area (TPSA) is 87.7 Å². The average Bonchev–Trinajstić information content (AvgIpc) is 2.85. The van der Waals surface area contributed by atoms with Crippen LogP contribution in [-0.4, -0.2) is 49.0 Å². The van der Waals surface area contributed by atoms with Crippen molar-refractivity contribution in [2.24, 2.45) is 11.3 Å². The number of likely N-dealkylation sites (tertiary alicyclic amines) is 1. The number of benzene rings is 2. The average molecular weight is 514 g/mol. The number of halogens is 1. The summed E-state index contributed by atoms with van der Waals surface area (Å²) in [5, 5.41) is 6.39. The number of carbonyl (C=O) groups is 3. The number of nitrogens with zero attached hydrogens (tertiary/aromatic N) is 1. The Labute approximate surface area is 218 Å². The van der Waals surface area contributed by atoms with Gasteiger partial charge in [0.05, 0.1) is 12.7 Å². The molecule has 1 heterocycles. The van der Waals surface area contributed by atoms with Crippen LogP contribution in [0, 0.1) is 11.3 Å². The fourth-order valence-electron chi connectivity index (χ4n) is 4.82. The number of piperidine rings is 1. The molecule has 2 aromatic carbocycles. The zero-order valence-electron chi connectivity index (χ0n) is 21.6. The number of esters is 1. The van der Waals surface area contributed by atoms with Gasteiger partial charge in [-0.05, 0) is 59.1 Å². The maximum atomic E-state index is 13.5. The summed E-state index contributed by atoms with van der Waals surface area (Å²) in [6.45, 7) is 9.74. The van der Waals surface area contributed by atoms with Crippen molar-refractivity contribution in [3.05, 3.63) is 70.2 Å². The largest absolute Gasteiger partial charge is 0.465 e. The van der Waals surface area contributed by atoms with Gasteiger partial charge >= 0.3 is 12.0 Å². The van der Waals surface area contributed by atoms with Gasteiger partial charge in [-0.3, -0.25) is 4.79 Å². The smallest absolute Gasteiger partial charge is 0.337 e. The molecule has 194 valence electrons. The number of hydrogen-bond acceptors (Lipinski definition) is 4. The van der Waals surface area contributed by atoms with E-state index in [0.29, 0.717) is 29.6 Å². The van der Waals surface area contributed by atoms with Crippen LogP contribution in [0.15, 0.2) is 48.5 Å². The third-order valence-electron chi connectivity index (χ3n) is 6.86. The number of hydrogen-bond donors (Lipinski definition) is 2. The summed E-state index contributed by atoms with van der Waals surface area (Å²) in [5.41, 5.74) is 2.38. The Kier molecular flexibility index (Phi) is 9.01. The van der Waals surface area contributed by atoms with Crippen molar-refractivity contribution < 1.29 is 19.1 Å². The van der Waals surface area contributed by atoms with E-state index in [2.05, 4.69) is 36.6 Å². The fraction of sp³-hybridized carbons (Fsp3) is 0.464. The van der Waals surface area contributed by atoms with Crippen LogP contribution in [0.3, 0.4) is 0 Å². The van der Waals surface area contributed by atoms with E-state index in [-0.39, 0.29) is 23.8 Å². The number of amides is 3. The lowest BCUT2D eigenvalue weighted by Gasteiger charge is -2.45. The first-order chi connectivity index (χ1) is 17.0. The van der Waals surface area contributed by atoms with Crippen molar-refractivity contribution in [1.29, 1.82) is 0 Å². The molecule has 0 radical (unpaired) electrons. The molecule has 1 unspecified atom stereocenters. The van der Waals surface area contributed by atoms with Gasteiger partial charge in [0.2, 0.25) is 5.91 Å². The molecule has 1 fully saturated rings. The van der Waals surface area contributed by atoms with Crippen molar-refractivity contribution in [1.82, 2.24) is 15.5 Å². The number of urea groups is 1. The van der Waals surface area contributed by atoms with E-state index in [9.17, 15) is 14.4 Å². The zero-order chi connectivity index (χ0) is 26.5. The summed E-state index contributed by atoms with van der Waals surface area (Å²) in [6.07, 6.45) is 0.846. The maximum Gasteiger partial charge on any atom is 0.337 e. The highest BCUT2D eigenvalue weighted by molar-refractivity contribution is 6.30. The molecule has 7 nitrogen and oxygen atoms in total. The molecule has 1 aliphatic rings. The van der Waals surface area contributed by atoms with Crippen LogP contribution < -0.4 is 10.6 Å². The van der Waals surface area contributed by atoms with Gasteiger partial charge in [0.15, 0.2) is 0 Å². The van der Waals surface area contributed by atoms with Crippen LogP contribution in [0.1, 0.15) is 61.5 Å². The summed E-state index contributed by atoms with van der Waals surface area (Å²) in [4.78, 5) is 39.6. The molecule has 0 aromatic heterocycles. The highest BCUT2D eigenvalue weighted by Crippen LogP contribution is 2.42. The lowest BCUT2D eigenvalue weighted by atomic mass is 9.70. The van der Waals surface area contributed by atoms with Crippen LogP contribution >= 0.6 is 11.6 Å². The molecular formula is C28H36ClN3O4. The summed E-state index contributed by atoms with van der Waals surface area (Å²) >= 11 is 6.06. The Morgan fingerprint density at radius 3 is 2.28 bits per heavy atom. The predicted octanol–water partition coefficient (Wildman–Crippen LogP) is 4.99. The minimum Gasteiger partial charge on any atom is -0.465 e. The molecule has 2 aromatic rings. The minimum atomic E-state index is -0.630. The summed E-state index contributed by atoms with van der Waals surface area (Å²) in [7, 11) is 1.33. The van der Waals surface area contributed by atoms with Gasteiger partial charge in [-0.25, -0.2) is 9.59 Å². The number of rotatable bonds is 7. The molecule has 3 amide bonds. The van der Waals surface area contributed by atoms with Crippen LogP contribution in [0.2, 0.25) is 5.02 Å². The normalized spacial score (nSPS) is 17.9. The second-order valence-corrected chi connectivity index (χ2v) is 10.8. The van der Waals surface area contributed by atoms with Gasteiger partial charge in [-0.2, -0.15) is 0 Å². The van der Waals surface area contributed by atoms with Gasteiger partial charge in [0.1, 0.15) is 6.04 Å². The van der Waals surface area contributed by atoms with E-state index >= 15 is 0 Å². The molecule has 36 heavy (non-hydrogen) atoms. The van der Waals surface area contributed by atoms with Gasteiger partial charge in [0.25, 0.3) is 0 Å². The first kappa shape index (κ1) is 27.5. The predicted molar refractivity (Wildman–Crippen MR) is 141 cm³/mol. The Morgan fingerprint density at radius 1 is 1.08 bits per heavy atom. The van der Waals surface area contributed by atoms with Gasteiger partial charge in [-0.15, -0.1) is 0 Å². The van der Waals surface area contributed by atoms with Gasteiger partial charge < -0.3 is 20.3 Å². The molecule has 0 saturated carbocycles. The SMILES string of the molecule is COC(=O)c1ccc(CNC(=O)N[C@@H](C(=O)N2CCC(c3ccc(Cl)cc3)C(C)(C)C2)C(C)C)cc1. The molecule has 0 spiro atoms. The van der Waals surface area contributed by atoms with Crippen molar-refractivity contribution in [2.45, 2.75) is 52.6 Å². The maximum absolute atomic E-state index is 13.5. The lowest BCUT2D eigenvalue weighted by Crippen LogP contribution is -2.57. The molecule has 2 N–H and O–H groups in total. The highest BCUT2D eigenvalue weighted by atomic mass is 35.5. The van der Waals surface area contributed by atoms with Crippen LogP contribution in [0.4, 0.5) is 4.79 Å². The summed E-state index contributed by atoms with van der Waals surface area (Å²) in [5.74, 6) is -0.228. The molecule has 1 saturated heterocycles. The van der Waals surface area contributed by atoms with E-state index in [0.717, 1.165) is 12.0 Å². The van der Waals surface area contributed by atoms with Crippen molar-refractivity contribution in [3.63, 3.8) is 0 Å². The third-order valence-corrected chi connectivity index (χ3v) is 7.11. The standard InChI is InChI=1S/C28H36ClN3O4/c1-18(2)24(31-27(35)30-16-19-6-8-21(9-7-19)26(34)36-5)25(33)32-15-14-23(28(3,4)17-32)20-10-12-22(29)13-11-20/h6-13,18,23-24H,14-17H2,1-5H3,(H2,30,31,35)/t23?,24-/m1/s1. The molecule has 1 aliphatic heterocycles. The van der Waals surface area contributed by atoms with E-state index in [1.165, 1.54) is 12.7 Å². The third kappa shape index (κ3) is 6.78. The molecule has 2 atom stereocenters. The second kappa shape index (κ2) is 11.8. The van der Waals surface area contributed by atoms with E-state index in [4.69, 9.17) is 16.3 Å². The summed E-state index contributed by atoms with van der Waals surface area (Å²) < 4.78 is 4.70. The van der Waals surface area contributed by atoms with Gasteiger partial charge in [-0.1, -0.05) is 63.6 Å². The van der Waals surface area contributed by atoms with Crippen molar-refractivity contribution in [3.8, 4) is 0 Å². The zero-order valence-corrected chi connectivity index (χ0v) is 22.4. The minimum absolute atomic E-state index is 0.0646. The van der Waals surface area contributed by atoms with Crippen LogP contribution in [-0.2, 0) is 16.1 Å². The van der Waals surface area contributed by atoms with E-state index < -0.39 is 18.0 Å². The Balaban J connectivity index is 1.59. The van der Waals surface area contributed by atoms with Crippen LogP contribution in [0.5, 0.6) is 0 Å². The highest BCUT2D eigenvalue weighted by Gasteiger charge is 2.40. The first-order valence-corrected chi connectivity index (χ1v) is 12.7. The molecule has 0 aliphatic carbocycles. The monoisotopic (exact) mass is 513 g/mol. The fourth-order valence-corrected chi connectivity index (χ4v) is 4.95. The Hall–Kier alpha value is -3.06. The molecule has 8 heteroatoms. The van der Waals surface area contributed by atoms with Crippen molar-refractivity contribution in [2.75, 3.05) is 20.2 Å². The van der Waals surface area contributed by atoms with Crippen LogP contribution in [0.25, 0.3) is 0 Å². The number of methoxy groups -OCH3 is 1. The molecular weight excluding hydrogens is 478 g/mol. The van der Waals surface area contributed by atoms with Gasteiger partial charge in [0, 0.05) is 24.7 Å². The molecule has 3 rings (SSSR count). The summed E-state index contributed by atoms with van der Waals surface area (Å²) in [6, 6.07) is 13.7. The number of carbonyl (C=O) groups excluding carboxylic acids is 3. The number of ether oxygens (including phenoxy) is 1. The van der Waals surface area contributed by atoms with E-state index in [1.807, 2.05) is 30.9 Å². The van der Waals surface area contributed by atoms with E-state index in [1.54, 1.807) is 24.3 Å². The first-order valence-electron chi connectivity index (χ1n) is 12.3.